The average Bonchev–Trinajstić information content (AvgIpc) is 3.33. The van der Waals surface area contributed by atoms with Gasteiger partial charge in [-0.15, -0.1) is 10.2 Å². The minimum atomic E-state index is -4.60. The highest BCUT2D eigenvalue weighted by atomic mass is 32.2. The van der Waals surface area contributed by atoms with Crippen molar-refractivity contribution in [2.45, 2.75) is 68.1 Å². The van der Waals surface area contributed by atoms with E-state index in [1.54, 1.807) is 11.4 Å². The van der Waals surface area contributed by atoms with Crippen LogP contribution in [0.4, 0.5) is 18.3 Å². The number of halogens is 3. The van der Waals surface area contributed by atoms with E-state index in [2.05, 4.69) is 20.4 Å². The molecule has 1 N–H and O–H groups in total. The number of anilines is 1. The molecule has 0 amide bonds. The Morgan fingerprint density at radius 1 is 1.17 bits per heavy atom. The predicted molar refractivity (Wildman–Crippen MR) is 132 cm³/mol. The molecule has 3 aliphatic heterocycles. The molecule has 5 rings (SSSR count). The van der Waals surface area contributed by atoms with Crippen LogP contribution in [0.2, 0.25) is 0 Å². The summed E-state index contributed by atoms with van der Waals surface area (Å²) in [7, 11) is -2.31. The van der Waals surface area contributed by atoms with Crippen LogP contribution in [0.3, 0.4) is 0 Å². The van der Waals surface area contributed by atoms with Crippen LogP contribution in [-0.2, 0) is 22.6 Å². The van der Waals surface area contributed by atoms with Gasteiger partial charge in [-0.3, -0.25) is 4.90 Å². The molecule has 0 unspecified atom stereocenters. The van der Waals surface area contributed by atoms with Crippen molar-refractivity contribution >= 4 is 26.5 Å². The van der Waals surface area contributed by atoms with Crippen LogP contribution in [0.1, 0.15) is 49.1 Å². The maximum atomic E-state index is 13.9. The highest BCUT2D eigenvalue weighted by Crippen LogP contribution is 2.45. The smallest absolute Gasteiger partial charge is 0.363 e. The molecule has 4 heterocycles. The van der Waals surface area contributed by atoms with Crippen LogP contribution in [0.15, 0.2) is 29.2 Å². The van der Waals surface area contributed by atoms with Crippen molar-refractivity contribution in [3.05, 3.63) is 34.8 Å². The van der Waals surface area contributed by atoms with Crippen LogP contribution >= 0.6 is 11.3 Å². The molecule has 3 saturated heterocycles. The van der Waals surface area contributed by atoms with Gasteiger partial charge in [0.15, 0.2) is 0 Å². The number of benzene rings is 1. The third kappa shape index (κ3) is 5.01. The Hall–Kier alpha value is -1.76. The standard InChI is InChI=1S/C24H32F3N5O2S2/c1-28-23-30-29-21(35-23)11-3-10-20-19-9-5-13-31-12-4-6-16(22(19)31)15-32(20)36(33,34)18-8-2-7-17(14-18)24(25,26)27/h2,7-8,14,16,19-20,22H,3-6,9-13,15H2,1H3,(H,28,30)/t16-,19+,20+,22-/m0/s1. The molecular formula is C24H32F3N5O2S2. The van der Waals surface area contributed by atoms with Gasteiger partial charge >= 0.3 is 6.18 Å². The van der Waals surface area contributed by atoms with E-state index in [1.165, 1.54) is 23.5 Å². The molecule has 12 heteroatoms. The summed E-state index contributed by atoms with van der Waals surface area (Å²) in [6, 6.07) is 4.29. The lowest BCUT2D eigenvalue weighted by Gasteiger charge is -2.57. The molecule has 198 valence electrons. The molecule has 1 aromatic carbocycles. The van der Waals surface area contributed by atoms with Crippen molar-refractivity contribution in [2.24, 2.45) is 11.8 Å². The topological polar surface area (TPSA) is 78.4 Å². The summed E-state index contributed by atoms with van der Waals surface area (Å²) in [5.74, 6) is 0.392. The second-order valence-corrected chi connectivity index (χ2v) is 13.0. The monoisotopic (exact) mass is 543 g/mol. The SMILES string of the molecule is CNc1nnc(CCC[C@@H]2[C@H]3CCCN4CCC[C@@H](CN2S(=O)(=O)c2cccc(C(F)(F)F)c2)[C@@H]34)s1. The Labute approximate surface area is 214 Å². The third-order valence-electron chi connectivity index (χ3n) is 7.96. The zero-order valence-electron chi connectivity index (χ0n) is 20.2. The van der Waals surface area contributed by atoms with Gasteiger partial charge in [-0.2, -0.15) is 17.5 Å². The molecule has 0 radical (unpaired) electrons. The van der Waals surface area contributed by atoms with Crippen LogP contribution in [0.5, 0.6) is 0 Å². The van der Waals surface area contributed by atoms with E-state index in [1.807, 2.05) is 0 Å². The van der Waals surface area contributed by atoms with E-state index in [4.69, 9.17) is 0 Å². The van der Waals surface area contributed by atoms with Crippen molar-refractivity contribution < 1.29 is 21.6 Å². The molecule has 36 heavy (non-hydrogen) atoms. The zero-order valence-corrected chi connectivity index (χ0v) is 21.9. The highest BCUT2D eigenvalue weighted by Gasteiger charge is 2.51. The third-order valence-corrected chi connectivity index (χ3v) is 10.9. The summed E-state index contributed by atoms with van der Waals surface area (Å²) in [5.41, 5.74) is -0.937. The van der Waals surface area contributed by atoms with E-state index in [0.717, 1.165) is 67.5 Å². The Morgan fingerprint density at radius 2 is 1.94 bits per heavy atom. The van der Waals surface area contributed by atoms with Gasteiger partial charge in [0.25, 0.3) is 0 Å². The van der Waals surface area contributed by atoms with E-state index in [-0.39, 0.29) is 22.8 Å². The van der Waals surface area contributed by atoms with Gasteiger partial charge in [0.2, 0.25) is 15.2 Å². The molecule has 0 spiro atoms. The number of sulfonamides is 1. The number of hydrogen-bond acceptors (Lipinski definition) is 7. The number of hydrogen-bond donors (Lipinski definition) is 1. The average molecular weight is 544 g/mol. The molecule has 2 aromatic rings. The van der Waals surface area contributed by atoms with E-state index in [9.17, 15) is 21.6 Å². The molecule has 4 atom stereocenters. The number of alkyl halides is 3. The first kappa shape index (κ1) is 25.9. The number of nitrogens with zero attached hydrogens (tertiary/aromatic N) is 4. The maximum absolute atomic E-state index is 13.9. The summed E-state index contributed by atoms with van der Waals surface area (Å²) < 4.78 is 69.5. The fraction of sp³-hybridized carbons (Fsp3) is 0.667. The number of rotatable bonds is 7. The maximum Gasteiger partial charge on any atom is 0.416 e. The second kappa shape index (κ2) is 10.2. The summed E-state index contributed by atoms with van der Waals surface area (Å²) in [6.07, 6.45) is 1.43. The fourth-order valence-electron chi connectivity index (χ4n) is 6.48. The predicted octanol–water partition coefficient (Wildman–Crippen LogP) is 4.49. The minimum absolute atomic E-state index is 0.181. The van der Waals surface area contributed by atoms with E-state index < -0.39 is 21.8 Å². The molecule has 0 bridgehead atoms. The summed E-state index contributed by atoms with van der Waals surface area (Å²) >= 11 is 1.48. The first-order valence-corrected chi connectivity index (χ1v) is 14.9. The largest absolute Gasteiger partial charge is 0.416 e. The van der Waals surface area contributed by atoms with Crippen LogP contribution in [0, 0.1) is 11.8 Å². The van der Waals surface area contributed by atoms with Gasteiger partial charge < -0.3 is 5.32 Å². The van der Waals surface area contributed by atoms with Crippen molar-refractivity contribution in [3.8, 4) is 0 Å². The molecule has 0 saturated carbocycles. The lowest BCUT2D eigenvalue weighted by atomic mass is 9.70. The van der Waals surface area contributed by atoms with Gasteiger partial charge in [-0.05, 0) is 81.6 Å². The van der Waals surface area contributed by atoms with Crippen molar-refractivity contribution in [3.63, 3.8) is 0 Å². The Bertz CT molecular complexity index is 1170. The number of nitrogens with one attached hydrogen (secondary N) is 1. The first-order valence-electron chi connectivity index (χ1n) is 12.6. The summed E-state index contributed by atoms with van der Waals surface area (Å²) in [6.45, 7) is 2.45. The van der Waals surface area contributed by atoms with E-state index >= 15 is 0 Å². The first-order chi connectivity index (χ1) is 17.2. The lowest BCUT2D eigenvalue weighted by Crippen LogP contribution is -2.65. The second-order valence-electron chi connectivity index (χ2n) is 10.0. The number of aryl methyl sites for hydroxylation is 1. The number of aromatic nitrogens is 2. The normalized spacial score (nSPS) is 27.6. The van der Waals surface area contributed by atoms with Gasteiger partial charge in [-0.25, -0.2) is 8.42 Å². The summed E-state index contributed by atoms with van der Waals surface area (Å²) in [4.78, 5) is 2.26. The molecule has 1 aromatic heterocycles. The van der Waals surface area contributed by atoms with Crippen LogP contribution in [-0.4, -0.2) is 66.6 Å². The van der Waals surface area contributed by atoms with Gasteiger partial charge in [-0.1, -0.05) is 17.4 Å². The van der Waals surface area contributed by atoms with Gasteiger partial charge in [0.05, 0.1) is 10.5 Å². The van der Waals surface area contributed by atoms with Crippen LogP contribution in [0.25, 0.3) is 0 Å². The van der Waals surface area contributed by atoms with Gasteiger partial charge in [0, 0.05) is 32.1 Å². The van der Waals surface area contributed by atoms with E-state index in [0.29, 0.717) is 25.4 Å². The zero-order chi connectivity index (χ0) is 25.5. The van der Waals surface area contributed by atoms with Crippen molar-refractivity contribution in [2.75, 3.05) is 32.0 Å². The van der Waals surface area contributed by atoms with Crippen molar-refractivity contribution in [1.29, 1.82) is 0 Å². The molecule has 0 aliphatic carbocycles. The van der Waals surface area contributed by atoms with Crippen molar-refractivity contribution in [1.82, 2.24) is 19.4 Å². The fourth-order valence-corrected chi connectivity index (χ4v) is 9.01. The minimum Gasteiger partial charge on any atom is -0.363 e. The summed E-state index contributed by atoms with van der Waals surface area (Å²) in [5, 5.41) is 12.9. The quantitative estimate of drug-likeness (QED) is 0.555. The van der Waals surface area contributed by atoms with Gasteiger partial charge in [0.1, 0.15) is 5.01 Å². The Morgan fingerprint density at radius 3 is 2.67 bits per heavy atom. The Kier molecular flexibility index (Phi) is 7.32. The lowest BCUT2D eigenvalue weighted by molar-refractivity contribution is -0.137. The highest BCUT2D eigenvalue weighted by molar-refractivity contribution is 7.89. The molecule has 3 aliphatic rings. The molecule has 7 nitrogen and oxygen atoms in total. The number of piperidine rings is 3. The van der Waals surface area contributed by atoms with Crippen LogP contribution < -0.4 is 5.32 Å². The molecular weight excluding hydrogens is 511 g/mol. The Balaban J connectivity index is 1.44. The molecule has 3 fully saturated rings.